The van der Waals surface area contributed by atoms with Crippen molar-refractivity contribution >= 4 is 92.8 Å². The summed E-state index contributed by atoms with van der Waals surface area (Å²) < 4.78 is 5.06. The predicted molar refractivity (Wildman–Crippen MR) is 267 cm³/mol. The minimum atomic E-state index is 0.686. The summed E-state index contributed by atoms with van der Waals surface area (Å²) in [4.78, 5) is 2.28. The highest BCUT2D eigenvalue weighted by molar-refractivity contribution is 7.26. The van der Waals surface area contributed by atoms with Crippen LogP contribution in [-0.2, 0) is 0 Å². The molecular formula is C58H37ClN2S. The Morgan fingerprint density at radius 2 is 1.00 bits per heavy atom. The Morgan fingerprint density at radius 1 is 0.403 bits per heavy atom. The van der Waals surface area contributed by atoms with Gasteiger partial charge in [-0.25, -0.2) is 0 Å². The smallest absolute Gasteiger partial charge is 0.0634 e. The van der Waals surface area contributed by atoms with Gasteiger partial charge in [-0.3, -0.25) is 0 Å². The van der Waals surface area contributed by atoms with Crippen LogP contribution < -0.4 is 4.90 Å². The van der Waals surface area contributed by atoms with Gasteiger partial charge in [0.1, 0.15) is 0 Å². The van der Waals surface area contributed by atoms with Crippen molar-refractivity contribution in [3.8, 4) is 39.1 Å². The van der Waals surface area contributed by atoms with Gasteiger partial charge in [0, 0.05) is 64.3 Å². The van der Waals surface area contributed by atoms with E-state index in [2.05, 4.69) is 234 Å². The van der Waals surface area contributed by atoms with Crippen molar-refractivity contribution in [1.82, 2.24) is 4.57 Å². The van der Waals surface area contributed by atoms with Gasteiger partial charge in [-0.15, -0.1) is 11.3 Å². The monoisotopic (exact) mass is 828 g/mol. The highest BCUT2D eigenvalue weighted by Gasteiger charge is 2.22. The summed E-state index contributed by atoms with van der Waals surface area (Å²) in [6, 6.07) is 80.8. The van der Waals surface area contributed by atoms with Gasteiger partial charge in [-0.05, 0) is 124 Å². The third kappa shape index (κ3) is 6.17. The zero-order valence-corrected chi connectivity index (χ0v) is 35.1. The molecule has 12 rings (SSSR count). The zero-order chi connectivity index (χ0) is 41.1. The minimum Gasteiger partial charge on any atom is -0.310 e. The molecule has 0 aliphatic rings. The second-order valence-corrected chi connectivity index (χ2v) is 17.4. The average Bonchev–Trinajstić information content (AvgIpc) is 3.88. The van der Waals surface area contributed by atoms with E-state index in [-0.39, 0.29) is 0 Å². The van der Waals surface area contributed by atoms with E-state index in [4.69, 9.17) is 11.6 Å². The number of rotatable bonds is 7. The van der Waals surface area contributed by atoms with Gasteiger partial charge in [-0.2, -0.15) is 0 Å². The second-order valence-electron chi connectivity index (χ2n) is 15.9. The van der Waals surface area contributed by atoms with Crippen LogP contribution in [0.4, 0.5) is 17.1 Å². The van der Waals surface area contributed by atoms with Crippen molar-refractivity contribution < 1.29 is 0 Å². The number of anilines is 3. The molecular weight excluding hydrogens is 792 g/mol. The molecule has 4 heteroatoms. The first-order valence-corrected chi connectivity index (χ1v) is 22.1. The lowest BCUT2D eigenvalue weighted by Gasteiger charge is -2.26. The third-order valence-corrected chi connectivity index (χ3v) is 13.6. The van der Waals surface area contributed by atoms with Gasteiger partial charge in [0.25, 0.3) is 0 Å². The van der Waals surface area contributed by atoms with E-state index in [0.717, 1.165) is 28.2 Å². The Bertz CT molecular complexity index is 3630. The molecule has 0 radical (unpaired) electrons. The highest BCUT2D eigenvalue weighted by atomic mass is 35.5. The Balaban J connectivity index is 0.972. The highest BCUT2D eigenvalue weighted by Crippen LogP contribution is 2.48. The van der Waals surface area contributed by atoms with Crippen LogP contribution in [0, 0.1) is 0 Å². The Kier molecular flexibility index (Phi) is 8.77. The summed E-state index contributed by atoms with van der Waals surface area (Å²) in [5.41, 5.74) is 13.8. The van der Waals surface area contributed by atoms with E-state index >= 15 is 0 Å². The van der Waals surface area contributed by atoms with Crippen LogP contribution in [-0.4, -0.2) is 4.57 Å². The van der Waals surface area contributed by atoms with Crippen LogP contribution in [0.1, 0.15) is 0 Å². The fraction of sp³-hybridized carbons (Fsp3) is 0. The van der Waals surface area contributed by atoms with Crippen LogP contribution in [0.25, 0.3) is 91.8 Å². The molecule has 12 aromatic rings. The maximum Gasteiger partial charge on any atom is 0.0634 e. The van der Waals surface area contributed by atoms with Crippen molar-refractivity contribution in [1.29, 1.82) is 0 Å². The van der Waals surface area contributed by atoms with Crippen LogP contribution in [0.3, 0.4) is 0 Å². The summed E-state index contributed by atoms with van der Waals surface area (Å²) >= 11 is 8.88. The van der Waals surface area contributed by atoms with E-state index in [0.29, 0.717) is 5.02 Å². The Hall–Kier alpha value is -7.43. The molecule has 2 heterocycles. The van der Waals surface area contributed by atoms with E-state index in [1.807, 2.05) is 11.3 Å². The lowest BCUT2D eigenvalue weighted by molar-refractivity contribution is 1.19. The SMILES string of the molecule is Clc1cc(-c2ccc3cc(-c4cc5c6ccccc6n(-c6ccccc6)c5c5c4sc4ccccc45)ccc3c2)cc(N(c2ccccc2)c2ccc(-c3ccccc3)cc2)c1. The van der Waals surface area contributed by atoms with E-state index in [1.165, 1.54) is 80.7 Å². The number of nitrogens with zero attached hydrogens (tertiary/aromatic N) is 2. The van der Waals surface area contributed by atoms with Crippen molar-refractivity contribution in [2.75, 3.05) is 4.90 Å². The van der Waals surface area contributed by atoms with Crippen LogP contribution in [0.2, 0.25) is 5.02 Å². The molecule has 0 saturated carbocycles. The average molecular weight is 829 g/mol. The summed E-state index contributed by atoms with van der Waals surface area (Å²) in [6.45, 7) is 0. The molecule has 2 aromatic heterocycles. The largest absolute Gasteiger partial charge is 0.310 e. The lowest BCUT2D eigenvalue weighted by Crippen LogP contribution is -2.10. The number of benzene rings is 10. The van der Waals surface area contributed by atoms with Crippen molar-refractivity contribution in [3.63, 3.8) is 0 Å². The summed E-state index contributed by atoms with van der Waals surface area (Å²) in [7, 11) is 0. The molecule has 62 heavy (non-hydrogen) atoms. The lowest BCUT2D eigenvalue weighted by atomic mass is 9.95. The molecule has 0 aliphatic heterocycles. The number of para-hydroxylation sites is 3. The molecule has 0 saturated heterocycles. The molecule has 292 valence electrons. The van der Waals surface area contributed by atoms with E-state index in [9.17, 15) is 0 Å². The van der Waals surface area contributed by atoms with E-state index < -0.39 is 0 Å². The van der Waals surface area contributed by atoms with Crippen LogP contribution >= 0.6 is 22.9 Å². The third-order valence-electron chi connectivity index (χ3n) is 12.2. The molecule has 0 spiro atoms. The molecule has 0 N–H and O–H groups in total. The van der Waals surface area contributed by atoms with Crippen molar-refractivity contribution in [2.45, 2.75) is 0 Å². The second kappa shape index (κ2) is 14.9. The van der Waals surface area contributed by atoms with Gasteiger partial charge in [0.05, 0.1) is 11.0 Å². The molecule has 0 unspecified atom stereocenters. The fourth-order valence-electron chi connectivity index (χ4n) is 9.32. The van der Waals surface area contributed by atoms with Crippen molar-refractivity contribution in [2.24, 2.45) is 0 Å². The number of thiophene rings is 1. The zero-order valence-electron chi connectivity index (χ0n) is 33.5. The summed E-state index contributed by atoms with van der Waals surface area (Å²) in [5.74, 6) is 0. The van der Waals surface area contributed by atoms with Gasteiger partial charge >= 0.3 is 0 Å². The standard InChI is InChI=1S/C58H37ClN2S/c59-45-34-44(35-49(36-45)60(46-16-6-2-7-17-46)48-30-28-39(29-31-48)38-14-4-1-5-15-38)42-25-24-41-33-43(27-26-40(41)32-42)52-37-53-50-20-10-12-22-54(50)61(47-18-8-3-9-19-47)57(53)56-51-21-11-13-23-55(51)62-58(52)56/h1-37H. The summed E-state index contributed by atoms with van der Waals surface area (Å²) in [6.07, 6.45) is 0. The maximum atomic E-state index is 6.99. The van der Waals surface area contributed by atoms with Crippen LogP contribution in [0.15, 0.2) is 224 Å². The topological polar surface area (TPSA) is 8.17 Å². The number of hydrogen-bond donors (Lipinski definition) is 0. The minimum absolute atomic E-state index is 0.686. The fourth-order valence-corrected chi connectivity index (χ4v) is 10.8. The summed E-state index contributed by atoms with van der Waals surface area (Å²) in [5, 5.41) is 8.18. The Labute approximate surface area is 368 Å². The number of halogens is 1. The van der Waals surface area contributed by atoms with Crippen molar-refractivity contribution in [3.05, 3.63) is 229 Å². The maximum absolute atomic E-state index is 6.99. The first-order valence-electron chi connectivity index (χ1n) is 20.9. The molecule has 10 aromatic carbocycles. The van der Waals surface area contributed by atoms with E-state index in [1.54, 1.807) is 0 Å². The van der Waals surface area contributed by atoms with Crippen LogP contribution in [0.5, 0.6) is 0 Å². The number of aromatic nitrogens is 1. The van der Waals surface area contributed by atoms with Gasteiger partial charge in [0.2, 0.25) is 0 Å². The number of fused-ring (bicyclic) bond motifs is 8. The predicted octanol–water partition coefficient (Wildman–Crippen LogP) is 17.4. The van der Waals surface area contributed by atoms with Gasteiger partial charge < -0.3 is 9.47 Å². The quantitative estimate of drug-likeness (QED) is 0.155. The number of hydrogen-bond acceptors (Lipinski definition) is 2. The molecule has 0 bridgehead atoms. The molecule has 2 nitrogen and oxygen atoms in total. The Morgan fingerprint density at radius 3 is 1.77 bits per heavy atom. The first kappa shape index (κ1) is 36.4. The first-order chi connectivity index (χ1) is 30.6. The molecule has 0 atom stereocenters. The van der Waals surface area contributed by atoms with Gasteiger partial charge in [-0.1, -0.05) is 151 Å². The molecule has 0 amide bonds. The van der Waals surface area contributed by atoms with Gasteiger partial charge in [0.15, 0.2) is 0 Å². The molecule has 0 fully saturated rings. The molecule has 0 aliphatic carbocycles. The normalized spacial score (nSPS) is 11.6.